The molecule has 2 heterocycles. The Morgan fingerprint density at radius 3 is 2.64 bits per heavy atom. The number of ether oxygens (including phenoxy) is 1. The number of pyridine rings is 1. The summed E-state index contributed by atoms with van der Waals surface area (Å²) in [5.41, 5.74) is 5.66. The van der Waals surface area contributed by atoms with Crippen molar-refractivity contribution in [2.75, 3.05) is 20.3 Å². The number of methoxy groups -OCH3 is 1. The third kappa shape index (κ3) is 3.39. The highest BCUT2D eigenvalue weighted by atomic mass is 16.5. The van der Waals surface area contributed by atoms with Crippen LogP contribution in [0.4, 0.5) is 0 Å². The van der Waals surface area contributed by atoms with Crippen molar-refractivity contribution in [3.8, 4) is 0 Å². The number of nitrogens with zero attached hydrogens (tertiary/aromatic N) is 1. The van der Waals surface area contributed by atoms with Crippen LogP contribution in [-0.2, 0) is 4.74 Å². The normalized spacial score (nSPS) is 22.6. The van der Waals surface area contributed by atoms with Crippen LogP contribution in [0.15, 0.2) is 49.7 Å². The average molecular weight is 340 g/mol. The van der Waals surface area contributed by atoms with Crippen LogP contribution in [0.3, 0.4) is 0 Å². The third-order valence-electron chi connectivity index (χ3n) is 5.34. The first kappa shape index (κ1) is 19.4. The number of hydrogen-bond donors (Lipinski definition) is 1. The Kier molecular flexibility index (Phi) is 6.51. The van der Waals surface area contributed by atoms with E-state index in [0.29, 0.717) is 6.61 Å². The van der Waals surface area contributed by atoms with Gasteiger partial charge in [-0.25, -0.2) is 0 Å². The second-order valence-electron chi connectivity index (χ2n) is 6.54. The Balaban J connectivity index is 2.73. The van der Waals surface area contributed by atoms with Gasteiger partial charge in [0.25, 0.3) is 0 Å². The highest BCUT2D eigenvalue weighted by Gasteiger charge is 2.45. The van der Waals surface area contributed by atoms with Gasteiger partial charge in [-0.2, -0.15) is 4.57 Å². The molecule has 0 radical (unpaired) electrons. The van der Waals surface area contributed by atoms with Gasteiger partial charge in [-0.1, -0.05) is 31.4 Å². The fourth-order valence-electron chi connectivity index (χ4n) is 4.07. The van der Waals surface area contributed by atoms with Gasteiger partial charge in [0.2, 0.25) is 5.69 Å². The molecule has 1 aliphatic heterocycles. The maximum atomic E-state index is 9.97. The molecule has 134 valence electrons. The van der Waals surface area contributed by atoms with Crippen LogP contribution in [0.25, 0.3) is 11.6 Å². The molecule has 0 spiro atoms. The molecule has 25 heavy (non-hydrogen) atoms. The molecule has 1 aromatic rings. The van der Waals surface area contributed by atoms with Crippen molar-refractivity contribution in [1.29, 1.82) is 0 Å². The van der Waals surface area contributed by atoms with Crippen LogP contribution >= 0.6 is 0 Å². The predicted octanol–water partition coefficient (Wildman–Crippen LogP) is 3.89. The van der Waals surface area contributed by atoms with Gasteiger partial charge >= 0.3 is 0 Å². The zero-order chi connectivity index (χ0) is 18.6. The van der Waals surface area contributed by atoms with E-state index in [2.05, 4.69) is 56.5 Å². The number of allylic oxidation sites excluding steroid dienone is 3. The SMILES string of the molecule is C=Cc1cc[n+]2c(c1C)C(=C)/C(=C\C)C(CCOC)C2C(C=C)CO. The van der Waals surface area contributed by atoms with Crippen LogP contribution in [0.1, 0.15) is 36.2 Å². The molecule has 0 fully saturated rings. The van der Waals surface area contributed by atoms with E-state index in [0.717, 1.165) is 28.8 Å². The molecule has 1 N–H and O–H groups in total. The monoisotopic (exact) mass is 340 g/mol. The van der Waals surface area contributed by atoms with E-state index in [9.17, 15) is 5.11 Å². The lowest BCUT2D eigenvalue weighted by Crippen LogP contribution is -2.54. The predicted molar refractivity (Wildman–Crippen MR) is 104 cm³/mol. The molecule has 1 aliphatic rings. The van der Waals surface area contributed by atoms with Crippen molar-refractivity contribution in [3.05, 3.63) is 66.5 Å². The Morgan fingerprint density at radius 1 is 1.40 bits per heavy atom. The highest BCUT2D eigenvalue weighted by Crippen LogP contribution is 2.42. The fraction of sp³-hybridized carbons (Fsp3) is 0.409. The summed E-state index contributed by atoms with van der Waals surface area (Å²) in [5, 5.41) is 9.97. The van der Waals surface area contributed by atoms with Crippen molar-refractivity contribution in [2.24, 2.45) is 11.8 Å². The minimum Gasteiger partial charge on any atom is -0.395 e. The van der Waals surface area contributed by atoms with E-state index in [1.54, 1.807) is 7.11 Å². The number of aliphatic hydroxyl groups is 1. The number of rotatable bonds is 7. The summed E-state index contributed by atoms with van der Waals surface area (Å²) < 4.78 is 7.61. The summed E-state index contributed by atoms with van der Waals surface area (Å²) in [6, 6.07) is 2.17. The van der Waals surface area contributed by atoms with E-state index in [1.807, 2.05) is 12.2 Å². The minimum atomic E-state index is -0.0392. The quantitative estimate of drug-likeness (QED) is 0.603. The summed E-state index contributed by atoms with van der Waals surface area (Å²) >= 11 is 0. The van der Waals surface area contributed by atoms with Crippen molar-refractivity contribution in [1.82, 2.24) is 0 Å². The first-order chi connectivity index (χ1) is 12.0. The second-order valence-corrected chi connectivity index (χ2v) is 6.54. The van der Waals surface area contributed by atoms with Gasteiger partial charge in [-0.05, 0) is 31.4 Å². The number of fused-ring (bicyclic) bond motifs is 1. The standard InChI is InChI=1S/C22H30NO2/c1-7-17-10-12-23-21(15(17)4)16(5)19(9-3)20(11-13-25-6)22(23)18(8-2)14-24/h7-10,12,18,20,22,24H,1-2,5,11,13-14H2,3-4,6H3/q+1/b19-9+. The summed E-state index contributed by atoms with van der Waals surface area (Å²) in [6.45, 7) is 17.2. The van der Waals surface area contributed by atoms with Gasteiger partial charge in [0.05, 0.1) is 12.5 Å². The summed E-state index contributed by atoms with van der Waals surface area (Å²) in [5.74, 6) is 0.182. The smallest absolute Gasteiger partial charge is 0.215 e. The lowest BCUT2D eigenvalue weighted by Gasteiger charge is -2.35. The highest BCUT2D eigenvalue weighted by molar-refractivity contribution is 5.78. The molecule has 0 bridgehead atoms. The van der Waals surface area contributed by atoms with E-state index >= 15 is 0 Å². The van der Waals surface area contributed by atoms with E-state index < -0.39 is 0 Å². The van der Waals surface area contributed by atoms with Gasteiger partial charge in [0.15, 0.2) is 12.2 Å². The molecule has 0 saturated carbocycles. The largest absolute Gasteiger partial charge is 0.395 e. The molecule has 0 aliphatic carbocycles. The Bertz CT molecular complexity index is 702. The Labute approximate surface area is 151 Å². The lowest BCUT2D eigenvalue weighted by molar-refractivity contribution is -0.739. The molecular formula is C22H30NO2+. The molecule has 3 unspecified atom stereocenters. The zero-order valence-corrected chi connectivity index (χ0v) is 15.7. The van der Waals surface area contributed by atoms with Gasteiger partial charge in [-0.15, -0.1) is 6.58 Å². The van der Waals surface area contributed by atoms with Gasteiger partial charge < -0.3 is 9.84 Å². The Morgan fingerprint density at radius 2 is 2.12 bits per heavy atom. The number of aromatic nitrogens is 1. The summed E-state index contributed by atoms with van der Waals surface area (Å²) in [4.78, 5) is 0. The molecule has 3 atom stereocenters. The fourth-order valence-corrected chi connectivity index (χ4v) is 4.07. The Hall–Kier alpha value is -1.97. The van der Waals surface area contributed by atoms with Crippen LogP contribution < -0.4 is 4.57 Å². The van der Waals surface area contributed by atoms with Crippen molar-refractivity contribution >= 4 is 11.6 Å². The van der Waals surface area contributed by atoms with E-state index in [-0.39, 0.29) is 24.5 Å². The molecule has 1 aromatic heterocycles. The van der Waals surface area contributed by atoms with E-state index in [1.165, 1.54) is 5.57 Å². The zero-order valence-electron chi connectivity index (χ0n) is 15.7. The summed E-state index contributed by atoms with van der Waals surface area (Å²) in [7, 11) is 1.72. The van der Waals surface area contributed by atoms with Crippen molar-refractivity contribution < 1.29 is 14.4 Å². The average Bonchev–Trinajstić information content (AvgIpc) is 2.62. The van der Waals surface area contributed by atoms with Gasteiger partial charge in [0, 0.05) is 36.8 Å². The lowest BCUT2D eigenvalue weighted by atomic mass is 9.74. The van der Waals surface area contributed by atoms with Crippen LogP contribution in [0.5, 0.6) is 0 Å². The van der Waals surface area contributed by atoms with Gasteiger partial charge in [0.1, 0.15) is 0 Å². The second kappa shape index (κ2) is 8.41. The molecule has 2 rings (SSSR count). The maximum Gasteiger partial charge on any atom is 0.215 e. The van der Waals surface area contributed by atoms with Crippen molar-refractivity contribution in [3.63, 3.8) is 0 Å². The first-order valence-electron chi connectivity index (χ1n) is 8.81. The molecule has 3 heteroatoms. The third-order valence-corrected chi connectivity index (χ3v) is 5.34. The first-order valence-corrected chi connectivity index (χ1v) is 8.81. The van der Waals surface area contributed by atoms with Crippen molar-refractivity contribution in [2.45, 2.75) is 26.3 Å². The molecular weight excluding hydrogens is 310 g/mol. The minimum absolute atomic E-state index is 0.0392. The van der Waals surface area contributed by atoms with Crippen LogP contribution in [0.2, 0.25) is 0 Å². The molecule has 0 saturated heterocycles. The number of hydrogen-bond acceptors (Lipinski definition) is 2. The molecule has 3 nitrogen and oxygen atoms in total. The topological polar surface area (TPSA) is 33.3 Å². The molecule has 0 aromatic carbocycles. The van der Waals surface area contributed by atoms with Gasteiger partial charge in [-0.3, -0.25) is 0 Å². The van der Waals surface area contributed by atoms with Crippen LogP contribution in [-0.4, -0.2) is 25.4 Å². The van der Waals surface area contributed by atoms with E-state index in [4.69, 9.17) is 4.74 Å². The maximum absolute atomic E-state index is 9.97. The van der Waals surface area contributed by atoms with Crippen LogP contribution in [0, 0.1) is 18.8 Å². The molecule has 0 amide bonds. The number of aliphatic hydroxyl groups excluding tert-OH is 1. The summed E-state index contributed by atoms with van der Waals surface area (Å²) in [6.07, 6.45) is 8.85.